The molecule has 2 rings (SSSR count). The molecule has 1 aliphatic rings. The van der Waals surface area contributed by atoms with Crippen LogP contribution in [0.4, 0.5) is 0 Å². The Kier molecular flexibility index (Phi) is 4.61. The van der Waals surface area contributed by atoms with Crippen molar-refractivity contribution in [3.05, 3.63) is 28.7 Å². The highest BCUT2D eigenvalue weighted by Gasteiger charge is 2.38. The van der Waals surface area contributed by atoms with Crippen LogP contribution in [-0.2, 0) is 9.59 Å². The van der Waals surface area contributed by atoms with E-state index in [4.69, 9.17) is 9.84 Å². The van der Waals surface area contributed by atoms with E-state index in [0.717, 1.165) is 9.37 Å². The third kappa shape index (κ3) is 3.49. The first kappa shape index (κ1) is 14.8. The summed E-state index contributed by atoms with van der Waals surface area (Å²) in [6.45, 7) is -0.232. The second kappa shape index (κ2) is 6.23. The Labute approximate surface area is 124 Å². The predicted octanol–water partition coefficient (Wildman–Crippen LogP) is 0.874. The van der Waals surface area contributed by atoms with Crippen molar-refractivity contribution >= 4 is 27.8 Å². The van der Waals surface area contributed by atoms with Gasteiger partial charge in [-0.15, -0.1) is 0 Å². The van der Waals surface area contributed by atoms with Gasteiger partial charge in [0.15, 0.2) is 6.61 Å². The number of carbonyl (C=O) groups is 2. The zero-order chi connectivity index (χ0) is 14.7. The number of ether oxygens (including phenoxy) is 1. The molecule has 108 valence electrons. The van der Waals surface area contributed by atoms with E-state index in [9.17, 15) is 14.7 Å². The highest BCUT2D eigenvalue weighted by atomic mass is 79.9. The highest BCUT2D eigenvalue weighted by Crippen LogP contribution is 2.20. The molecule has 1 amide bonds. The second-order valence-corrected chi connectivity index (χ2v) is 5.45. The normalized spacial score (nSPS) is 21.8. The van der Waals surface area contributed by atoms with Gasteiger partial charge in [0.1, 0.15) is 11.8 Å². The molecule has 0 spiro atoms. The molecule has 1 fully saturated rings. The van der Waals surface area contributed by atoms with Crippen molar-refractivity contribution in [2.45, 2.75) is 18.6 Å². The van der Waals surface area contributed by atoms with Gasteiger partial charge in [-0.1, -0.05) is 22.0 Å². The molecular formula is C13H14BrNO5. The molecule has 1 saturated heterocycles. The van der Waals surface area contributed by atoms with Gasteiger partial charge in [0, 0.05) is 17.4 Å². The molecule has 2 N–H and O–H groups in total. The fourth-order valence-electron chi connectivity index (χ4n) is 2.11. The van der Waals surface area contributed by atoms with Gasteiger partial charge in [0.25, 0.3) is 5.91 Å². The lowest BCUT2D eigenvalue weighted by Crippen LogP contribution is -2.42. The van der Waals surface area contributed by atoms with Crippen molar-refractivity contribution < 1.29 is 24.5 Å². The molecular weight excluding hydrogens is 330 g/mol. The number of hydrogen-bond donors (Lipinski definition) is 2. The predicted molar refractivity (Wildman–Crippen MR) is 73.4 cm³/mol. The van der Waals surface area contributed by atoms with E-state index in [-0.39, 0.29) is 19.6 Å². The largest absolute Gasteiger partial charge is 0.484 e. The van der Waals surface area contributed by atoms with Crippen molar-refractivity contribution in [2.75, 3.05) is 13.2 Å². The SMILES string of the molecule is O=C(O)[C@@H]1CC(O)CN1C(=O)COc1cccc(Br)c1. The van der Waals surface area contributed by atoms with E-state index >= 15 is 0 Å². The fraction of sp³-hybridized carbons (Fsp3) is 0.385. The zero-order valence-electron chi connectivity index (χ0n) is 10.5. The number of rotatable bonds is 4. The van der Waals surface area contributed by atoms with Crippen LogP contribution in [-0.4, -0.2) is 52.3 Å². The number of carboxylic acid groups (broad SMARTS) is 1. The molecule has 2 atom stereocenters. The number of amides is 1. The third-order valence-electron chi connectivity index (χ3n) is 3.04. The summed E-state index contributed by atoms with van der Waals surface area (Å²) < 4.78 is 6.15. The average Bonchev–Trinajstić information content (AvgIpc) is 2.78. The Morgan fingerprint density at radius 2 is 2.20 bits per heavy atom. The first-order chi connectivity index (χ1) is 9.47. The molecule has 6 nitrogen and oxygen atoms in total. The summed E-state index contributed by atoms with van der Waals surface area (Å²) in [6.07, 6.45) is -0.747. The summed E-state index contributed by atoms with van der Waals surface area (Å²) in [5.74, 6) is -1.05. The van der Waals surface area contributed by atoms with Crippen LogP contribution in [0, 0.1) is 0 Å². The van der Waals surface area contributed by atoms with Gasteiger partial charge in [-0.3, -0.25) is 4.79 Å². The minimum atomic E-state index is -1.11. The summed E-state index contributed by atoms with van der Waals surface area (Å²) in [5.41, 5.74) is 0. The molecule has 0 radical (unpaired) electrons. The maximum absolute atomic E-state index is 12.0. The van der Waals surface area contributed by atoms with Crippen LogP contribution in [0.1, 0.15) is 6.42 Å². The van der Waals surface area contributed by atoms with Crippen molar-refractivity contribution in [3.8, 4) is 5.75 Å². The Bertz CT molecular complexity index is 521. The van der Waals surface area contributed by atoms with E-state index in [2.05, 4.69) is 15.9 Å². The van der Waals surface area contributed by atoms with Crippen LogP contribution in [0.5, 0.6) is 5.75 Å². The van der Waals surface area contributed by atoms with Crippen LogP contribution in [0.25, 0.3) is 0 Å². The molecule has 0 saturated carbocycles. The highest BCUT2D eigenvalue weighted by molar-refractivity contribution is 9.10. The maximum atomic E-state index is 12.0. The summed E-state index contributed by atoms with van der Waals surface area (Å²) in [7, 11) is 0. The zero-order valence-corrected chi connectivity index (χ0v) is 12.1. The molecule has 0 aliphatic carbocycles. The Morgan fingerprint density at radius 3 is 2.85 bits per heavy atom. The van der Waals surface area contributed by atoms with Crippen LogP contribution < -0.4 is 4.74 Å². The number of aliphatic carboxylic acids is 1. The molecule has 20 heavy (non-hydrogen) atoms. The van der Waals surface area contributed by atoms with Crippen molar-refractivity contribution in [2.24, 2.45) is 0 Å². The summed E-state index contributed by atoms with van der Waals surface area (Å²) in [4.78, 5) is 24.2. The smallest absolute Gasteiger partial charge is 0.326 e. The first-order valence-electron chi connectivity index (χ1n) is 6.06. The van der Waals surface area contributed by atoms with Gasteiger partial charge in [-0.2, -0.15) is 0 Å². The van der Waals surface area contributed by atoms with Crippen molar-refractivity contribution in [1.29, 1.82) is 0 Å². The molecule has 0 aromatic heterocycles. The summed E-state index contributed by atoms with van der Waals surface area (Å²) in [5, 5.41) is 18.5. The number of likely N-dealkylation sites (tertiary alicyclic amines) is 1. The lowest BCUT2D eigenvalue weighted by molar-refractivity contribution is -0.148. The van der Waals surface area contributed by atoms with E-state index in [1.165, 1.54) is 0 Å². The monoisotopic (exact) mass is 343 g/mol. The third-order valence-corrected chi connectivity index (χ3v) is 3.54. The van der Waals surface area contributed by atoms with E-state index in [1.807, 2.05) is 6.07 Å². The minimum absolute atomic E-state index is 0.0254. The number of halogens is 1. The van der Waals surface area contributed by atoms with E-state index < -0.39 is 24.0 Å². The quantitative estimate of drug-likeness (QED) is 0.847. The molecule has 7 heteroatoms. The van der Waals surface area contributed by atoms with Crippen LogP contribution >= 0.6 is 15.9 Å². The minimum Gasteiger partial charge on any atom is -0.484 e. The van der Waals surface area contributed by atoms with E-state index in [1.54, 1.807) is 18.2 Å². The fourth-order valence-corrected chi connectivity index (χ4v) is 2.49. The maximum Gasteiger partial charge on any atom is 0.326 e. The lowest BCUT2D eigenvalue weighted by atomic mass is 10.2. The van der Waals surface area contributed by atoms with Gasteiger partial charge in [-0.25, -0.2) is 4.79 Å². The van der Waals surface area contributed by atoms with Gasteiger partial charge < -0.3 is 19.8 Å². The Morgan fingerprint density at radius 1 is 1.45 bits per heavy atom. The average molecular weight is 344 g/mol. The Hall–Kier alpha value is -1.60. The molecule has 1 aliphatic heterocycles. The molecule has 0 bridgehead atoms. The number of carbonyl (C=O) groups excluding carboxylic acids is 1. The van der Waals surface area contributed by atoms with Crippen molar-refractivity contribution in [1.82, 2.24) is 4.90 Å². The van der Waals surface area contributed by atoms with E-state index in [0.29, 0.717) is 5.75 Å². The number of β-amino-alcohol motifs (C(OH)–C–C–N with tert-alkyl or cyclic N) is 1. The summed E-state index contributed by atoms with van der Waals surface area (Å²) >= 11 is 3.29. The number of benzene rings is 1. The summed E-state index contributed by atoms with van der Waals surface area (Å²) in [6, 6.07) is 6.02. The molecule has 1 aromatic carbocycles. The van der Waals surface area contributed by atoms with Crippen molar-refractivity contribution in [3.63, 3.8) is 0 Å². The van der Waals surface area contributed by atoms with Crippen LogP contribution in [0.2, 0.25) is 0 Å². The standard InChI is InChI=1S/C13H14BrNO5/c14-8-2-1-3-10(4-8)20-7-12(17)15-6-9(16)5-11(15)13(18)19/h1-4,9,11,16H,5-7H2,(H,18,19)/t9?,11-/m0/s1. The second-order valence-electron chi connectivity index (χ2n) is 4.54. The first-order valence-corrected chi connectivity index (χ1v) is 6.85. The number of hydrogen-bond acceptors (Lipinski definition) is 4. The van der Waals surface area contributed by atoms with Gasteiger partial charge in [-0.05, 0) is 18.2 Å². The van der Waals surface area contributed by atoms with Gasteiger partial charge in [0.2, 0.25) is 0 Å². The number of nitrogens with zero attached hydrogens (tertiary/aromatic N) is 1. The molecule has 1 heterocycles. The number of carboxylic acids is 1. The Balaban J connectivity index is 1.96. The molecule has 1 aromatic rings. The van der Waals surface area contributed by atoms with Gasteiger partial charge >= 0.3 is 5.97 Å². The molecule has 1 unspecified atom stereocenters. The van der Waals surface area contributed by atoms with Crippen LogP contribution in [0.3, 0.4) is 0 Å². The number of aliphatic hydroxyl groups is 1. The van der Waals surface area contributed by atoms with Crippen LogP contribution in [0.15, 0.2) is 28.7 Å². The van der Waals surface area contributed by atoms with Gasteiger partial charge in [0.05, 0.1) is 6.10 Å². The lowest BCUT2D eigenvalue weighted by Gasteiger charge is -2.21. The topological polar surface area (TPSA) is 87.1 Å². The number of aliphatic hydroxyl groups excluding tert-OH is 1.